The summed E-state index contributed by atoms with van der Waals surface area (Å²) in [5, 5.41) is 14.6. The number of benzene rings is 2. The normalized spacial score (nSPS) is 24.7. The summed E-state index contributed by atoms with van der Waals surface area (Å²) >= 11 is 0. The smallest absolute Gasteiger partial charge is 0.161 e. The van der Waals surface area contributed by atoms with E-state index in [1.54, 1.807) is 0 Å². The van der Waals surface area contributed by atoms with Crippen LogP contribution in [0.15, 0.2) is 54.6 Å². The Labute approximate surface area is 155 Å². The molecule has 1 saturated carbocycles. The van der Waals surface area contributed by atoms with Gasteiger partial charge in [-0.25, -0.2) is 0 Å². The van der Waals surface area contributed by atoms with Crippen LogP contribution in [0.5, 0.6) is 11.5 Å². The zero-order valence-electron chi connectivity index (χ0n) is 15.1. The van der Waals surface area contributed by atoms with E-state index in [-0.39, 0.29) is 13.2 Å². The molecule has 1 aliphatic carbocycles. The van der Waals surface area contributed by atoms with Crippen LogP contribution in [0.1, 0.15) is 37.2 Å². The average molecular weight is 353 g/mol. The average Bonchev–Trinajstić information content (AvgIpc) is 2.87. The van der Waals surface area contributed by atoms with Crippen LogP contribution in [0.3, 0.4) is 0 Å². The zero-order chi connectivity index (χ0) is 17.8. The van der Waals surface area contributed by atoms with Crippen LogP contribution in [0.25, 0.3) is 0 Å². The number of ether oxygens (including phenoxy) is 2. The molecule has 0 amide bonds. The van der Waals surface area contributed by atoms with Crippen LogP contribution in [0, 0.1) is 0 Å². The second-order valence-electron chi connectivity index (χ2n) is 7.54. The van der Waals surface area contributed by atoms with Crippen LogP contribution in [0.2, 0.25) is 0 Å². The molecular weight excluding hydrogens is 326 g/mol. The van der Waals surface area contributed by atoms with Gasteiger partial charge in [0, 0.05) is 12.6 Å². The van der Waals surface area contributed by atoms with Crippen LogP contribution in [-0.4, -0.2) is 36.5 Å². The fourth-order valence-electron chi connectivity index (χ4n) is 4.05. The van der Waals surface area contributed by atoms with E-state index < -0.39 is 5.60 Å². The number of nitrogens with one attached hydrogen (secondary N) is 1. The summed E-state index contributed by atoms with van der Waals surface area (Å²) in [7, 11) is 0. The molecule has 0 spiro atoms. The van der Waals surface area contributed by atoms with Crippen molar-refractivity contribution in [3.8, 4) is 11.5 Å². The lowest BCUT2D eigenvalue weighted by Crippen LogP contribution is -2.52. The van der Waals surface area contributed by atoms with Crippen molar-refractivity contribution in [2.24, 2.45) is 0 Å². The Morgan fingerprint density at radius 3 is 2.19 bits per heavy atom. The number of hydrogen-bond acceptors (Lipinski definition) is 4. The van der Waals surface area contributed by atoms with Gasteiger partial charge in [0.1, 0.15) is 18.8 Å². The molecule has 2 atom stereocenters. The lowest BCUT2D eigenvalue weighted by molar-refractivity contribution is -0.0295. The Kier molecular flexibility index (Phi) is 5.14. The van der Waals surface area contributed by atoms with E-state index >= 15 is 0 Å². The Morgan fingerprint density at radius 1 is 0.885 bits per heavy atom. The minimum atomic E-state index is -1.03. The van der Waals surface area contributed by atoms with Gasteiger partial charge in [0.05, 0.1) is 0 Å². The van der Waals surface area contributed by atoms with E-state index in [1.807, 2.05) is 24.3 Å². The van der Waals surface area contributed by atoms with Gasteiger partial charge in [-0.3, -0.25) is 0 Å². The Morgan fingerprint density at radius 2 is 1.50 bits per heavy atom. The Hall–Kier alpha value is -2.04. The van der Waals surface area contributed by atoms with Gasteiger partial charge in [0.25, 0.3) is 0 Å². The number of rotatable bonds is 4. The molecule has 0 aromatic heterocycles. The molecular formula is C22H27NO3. The van der Waals surface area contributed by atoms with Crippen molar-refractivity contribution in [1.29, 1.82) is 0 Å². The summed E-state index contributed by atoms with van der Waals surface area (Å²) in [5.41, 5.74) is 0.356. The number of aliphatic hydroxyl groups is 1. The summed E-state index contributed by atoms with van der Waals surface area (Å²) in [6.45, 7) is 0.939. The maximum absolute atomic E-state index is 11.0. The topological polar surface area (TPSA) is 50.7 Å². The summed E-state index contributed by atoms with van der Waals surface area (Å²) < 4.78 is 11.6. The molecule has 26 heavy (non-hydrogen) atoms. The van der Waals surface area contributed by atoms with Gasteiger partial charge in [-0.2, -0.15) is 0 Å². The number of hydrogen-bond donors (Lipinski definition) is 2. The van der Waals surface area contributed by atoms with E-state index in [2.05, 4.69) is 35.6 Å². The predicted octanol–water partition coefficient (Wildman–Crippen LogP) is 3.50. The van der Waals surface area contributed by atoms with Crippen LogP contribution >= 0.6 is 0 Å². The lowest BCUT2D eigenvalue weighted by Gasteiger charge is -2.35. The molecule has 2 aromatic rings. The molecule has 0 bridgehead atoms. The third kappa shape index (κ3) is 3.87. The zero-order valence-corrected chi connectivity index (χ0v) is 15.1. The first-order chi connectivity index (χ1) is 12.7. The summed E-state index contributed by atoms with van der Waals surface area (Å²) in [4.78, 5) is 0. The third-order valence-corrected chi connectivity index (χ3v) is 5.53. The highest BCUT2D eigenvalue weighted by atomic mass is 16.6. The molecule has 2 unspecified atom stereocenters. The second kappa shape index (κ2) is 7.68. The van der Waals surface area contributed by atoms with Crippen molar-refractivity contribution in [3.05, 3.63) is 60.2 Å². The van der Waals surface area contributed by atoms with Gasteiger partial charge in [-0.05, 0) is 36.5 Å². The molecule has 1 fully saturated rings. The van der Waals surface area contributed by atoms with Crippen molar-refractivity contribution >= 4 is 0 Å². The molecule has 2 aliphatic rings. The van der Waals surface area contributed by atoms with Crippen molar-refractivity contribution in [2.45, 2.75) is 43.2 Å². The van der Waals surface area contributed by atoms with Crippen LogP contribution < -0.4 is 14.8 Å². The molecule has 4 nitrogen and oxygen atoms in total. The highest BCUT2D eigenvalue weighted by Crippen LogP contribution is 2.34. The van der Waals surface area contributed by atoms with Crippen molar-refractivity contribution < 1.29 is 14.6 Å². The van der Waals surface area contributed by atoms with Crippen molar-refractivity contribution in [2.75, 3.05) is 19.8 Å². The number of para-hydroxylation sites is 2. The molecule has 1 heterocycles. The first-order valence-corrected chi connectivity index (χ1v) is 9.59. The molecule has 1 aliphatic heterocycles. The quantitative estimate of drug-likeness (QED) is 0.883. The van der Waals surface area contributed by atoms with Gasteiger partial charge < -0.3 is 19.9 Å². The maximum Gasteiger partial charge on any atom is 0.161 e. The maximum atomic E-state index is 11.0. The first kappa shape index (κ1) is 17.4. The van der Waals surface area contributed by atoms with Crippen molar-refractivity contribution in [1.82, 2.24) is 5.32 Å². The molecule has 0 saturated heterocycles. The van der Waals surface area contributed by atoms with E-state index in [9.17, 15) is 5.11 Å². The second-order valence-corrected chi connectivity index (χ2v) is 7.54. The molecule has 2 N–H and O–H groups in total. The Bertz CT molecular complexity index is 691. The lowest BCUT2D eigenvalue weighted by atomic mass is 9.80. The standard InChI is InChI=1S/C22H27NO3/c24-22(15-25-20-12-6-7-13-21(20)26-16-22)14-23-19-11-5-4-10-18(19)17-8-2-1-3-9-17/h1-3,6-9,12-13,18-19,23-24H,4-5,10-11,14-16H2. The summed E-state index contributed by atoms with van der Waals surface area (Å²) in [6, 6.07) is 18.7. The summed E-state index contributed by atoms with van der Waals surface area (Å²) in [6.07, 6.45) is 4.83. The van der Waals surface area contributed by atoms with E-state index in [0.29, 0.717) is 30.0 Å². The highest BCUT2D eigenvalue weighted by Gasteiger charge is 2.35. The molecule has 0 radical (unpaired) electrons. The van der Waals surface area contributed by atoms with E-state index in [1.165, 1.54) is 24.8 Å². The van der Waals surface area contributed by atoms with Gasteiger partial charge >= 0.3 is 0 Å². The Balaban J connectivity index is 1.41. The minimum absolute atomic E-state index is 0.236. The predicted molar refractivity (Wildman–Crippen MR) is 102 cm³/mol. The van der Waals surface area contributed by atoms with E-state index in [0.717, 1.165) is 6.42 Å². The molecule has 4 heteroatoms. The highest BCUT2D eigenvalue weighted by molar-refractivity contribution is 5.40. The number of fused-ring (bicyclic) bond motifs is 1. The minimum Gasteiger partial charge on any atom is -0.487 e. The monoisotopic (exact) mass is 353 g/mol. The summed E-state index contributed by atoms with van der Waals surface area (Å²) in [5.74, 6) is 1.89. The molecule has 4 rings (SSSR count). The first-order valence-electron chi connectivity index (χ1n) is 9.59. The fourth-order valence-corrected chi connectivity index (χ4v) is 4.05. The van der Waals surface area contributed by atoms with Gasteiger partial charge in [-0.15, -0.1) is 0 Å². The largest absolute Gasteiger partial charge is 0.487 e. The van der Waals surface area contributed by atoms with E-state index in [4.69, 9.17) is 9.47 Å². The SMILES string of the molecule is OC1(CNC2CCCCC2c2ccccc2)COc2ccccc2OC1. The van der Waals surface area contributed by atoms with Gasteiger partial charge in [0.15, 0.2) is 11.5 Å². The van der Waals surface area contributed by atoms with Crippen LogP contribution in [-0.2, 0) is 0 Å². The van der Waals surface area contributed by atoms with Gasteiger partial charge in [-0.1, -0.05) is 55.3 Å². The van der Waals surface area contributed by atoms with Crippen LogP contribution in [0.4, 0.5) is 0 Å². The molecule has 138 valence electrons. The van der Waals surface area contributed by atoms with Gasteiger partial charge in [0.2, 0.25) is 0 Å². The fraction of sp³-hybridized carbons (Fsp3) is 0.455. The van der Waals surface area contributed by atoms with Crippen molar-refractivity contribution in [3.63, 3.8) is 0 Å². The molecule has 2 aromatic carbocycles. The third-order valence-electron chi connectivity index (χ3n) is 5.53.